The number of aromatic nitrogens is 1. The molecule has 0 fully saturated rings. The summed E-state index contributed by atoms with van der Waals surface area (Å²) in [6.07, 6.45) is 0. The fourth-order valence-corrected chi connectivity index (χ4v) is 1.40. The normalized spacial score (nSPS) is 10.9. The summed E-state index contributed by atoms with van der Waals surface area (Å²) in [6, 6.07) is 3.08. The first kappa shape index (κ1) is 9.79. The number of aliphatic hydroxyl groups is 1. The Kier molecular flexibility index (Phi) is 2.24. The van der Waals surface area contributed by atoms with Gasteiger partial charge in [-0.05, 0) is 12.1 Å². The van der Waals surface area contributed by atoms with Gasteiger partial charge in [0, 0.05) is 11.5 Å². The Morgan fingerprint density at radius 2 is 2.07 bits per heavy atom. The van der Waals surface area contributed by atoms with Crippen molar-refractivity contribution in [3.05, 3.63) is 35.5 Å². The number of aliphatic hydroxyl groups excluding tert-OH is 1. The number of halogens is 2. The molecule has 78 valence electrons. The number of rotatable bonds is 2. The van der Waals surface area contributed by atoms with E-state index in [-0.39, 0.29) is 16.6 Å². The molecule has 15 heavy (non-hydrogen) atoms. The Morgan fingerprint density at radius 3 is 2.73 bits per heavy atom. The quantitative estimate of drug-likeness (QED) is 0.741. The van der Waals surface area contributed by atoms with E-state index in [1.54, 1.807) is 0 Å². The third-order valence-electron chi connectivity index (χ3n) is 2.10. The summed E-state index contributed by atoms with van der Waals surface area (Å²) in [5.41, 5.74) is 0.265. The van der Waals surface area contributed by atoms with Crippen LogP contribution < -0.4 is 0 Å². The van der Waals surface area contributed by atoms with Crippen molar-refractivity contribution in [2.24, 2.45) is 0 Å². The van der Waals surface area contributed by atoms with Gasteiger partial charge in [-0.25, -0.2) is 8.78 Å². The highest BCUT2D eigenvalue weighted by Gasteiger charge is 2.11. The van der Waals surface area contributed by atoms with E-state index >= 15 is 0 Å². The number of Topliss-reactive ketones (excluding diaryl/α,β-unsaturated/α-hetero) is 1. The third-order valence-corrected chi connectivity index (χ3v) is 2.10. The average molecular weight is 211 g/mol. The van der Waals surface area contributed by atoms with Crippen LogP contribution >= 0.6 is 0 Å². The minimum Gasteiger partial charge on any atom is -0.388 e. The maximum absolute atomic E-state index is 13.2. The van der Waals surface area contributed by atoms with Gasteiger partial charge >= 0.3 is 0 Å². The fourth-order valence-electron chi connectivity index (χ4n) is 1.40. The highest BCUT2D eigenvalue weighted by molar-refractivity contribution is 6.00. The number of nitrogens with one attached hydrogen (secondary N) is 1. The fraction of sp³-hybridized carbons (Fsp3) is 0.100. The summed E-state index contributed by atoms with van der Waals surface area (Å²) < 4.78 is 26.0. The Morgan fingerprint density at radius 1 is 1.33 bits per heavy atom. The molecule has 0 saturated heterocycles. The molecule has 3 nitrogen and oxygen atoms in total. The zero-order chi connectivity index (χ0) is 11.0. The first-order valence-electron chi connectivity index (χ1n) is 4.23. The van der Waals surface area contributed by atoms with E-state index in [1.807, 2.05) is 0 Å². The molecule has 0 bridgehead atoms. The van der Waals surface area contributed by atoms with E-state index in [4.69, 9.17) is 5.11 Å². The van der Waals surface area contributed by atoms with Crippen molar-refractivity contribution >= 4 is 16.7 Å². The smallest absolute Gasteiger partial charge is 0.204 e. The SMILES string of the molecule is O=C(CO)c1cc2c(F)cc(F)cc2[nH]1. The number of aromatic amines is 1. The number of hydrogen-bond acceptors (Lipinski definition) is 2. The molecule has 0 spiro atoms. The molecule has 1 aromatic carbocycles. The van der Waals surface area contributed by atoms with E-state index in [0.29, 0.717) is 0 Å². The topological polar surface area (TPSA) is 53.1 Å². The van der Waals surface area contributed by atoms with Crippen LogP contribution in [0.15, 0.2) is 18.2 Å². The van der Waals surface area contributed by atoms with Crippen molar-refractivity contribution in [3.8, 4) is 0 Å². The van der Waals surface area contributed by atoms with Crippen LogP contribution in [-0.4, -0.2) is 22.5 Å². The first-order chi connectivity index (χ1) is 7.11. The molecule has 2 aromatic rings. The molecule has 1 aromatic heterocycles. The molecule has 0 saturated carbocycles. The van der Waals surface area contributed by atoms with Gasteiger partial charge in [0.25, 0.3) is 0 Å². The molecule has 0 unspecified atom stereocenters. The highest BCUT2D eigenvalue weighted by Crippen LogP contribution is 2.20. The van der Waals surface area contributed by atoms with Crippen LogP contribution in [0, 0.1) is 11.6 Å². The Hall–Kier alpha value is -1.75. The van der Waals surface area contributed by atoms with Crippen LogP contribution in [-0.2, 0) is 0 Å². The Bertz CT molecular complexity index is 533. The molecule has 0 amide bonds. The maximum atomic E-state index is 13.2. The molecule has 0 radical (unpaired) electrons. The lowest BCUT2D eigenvalue weighted by Crippen LogP contribution is -2.03. The van der Waals surface area contributed by atoms with Gasteiger partial charge in [-0.3, -0.25) is 4.79 Å². The predicted octanol–water partition coefficient (Wildman–Crippen LogP) is 1.62. The van der Waals surface area contributed by atoms with E-state index in [0.717, 1.165) is 12.1 Å². The Labute approximate surface area is 83.3 Å². The van der Waals surface area contributed by atoms with Crippen LogP contribution in [0.2, 0.25) is 0 Å². The van der Waals surface area contributed by atoms with Crippen molar-refractivity contribution < 1.29 is 18.7 Å². The number of carbonyl (C=O) groups excluding carboxylic acids is 1. The zero-order valence-corrected chi connectivity index (χ0v) is 7.55. The first-order valence-corrected chi connectivity index (χ1v) is 4.23. The molecule has 5 heteroatoms. The van der Waals surface area contributed by atoms with Gasteiger partial charge < -0.3 is 10.1 Å². The van der Waals surface area contributed by atoms with Gasteiger partial charge in [-0.1, -0.05) is 0 Å². The van der Waals surface area contributed by atoms with E-state index in [1.165, 1.54) is 6.07 Å². The lowest BCUT2D eigenvalue weighted by atomic mass is 10.2. The van der Waals surface area contributed by atoms with Crippen LogP contribution in [0.5, 0.6) is 0 Å². The summed E-state index contributed by atoms with van der Waals surface area (Å²) in [4.78, 5) is 13.6. The number of benzene rings is 1. The van der Waals surface area contributed by atoms with Crippen molar-refractivity contribution in [1.29, 1.82) is 0 Å². The van der Waals surface area contributed by atoms with E-state index in [2.05, 4.69) is 4.98 Å². The lowest BCUT2D eigenvalue weighted by molar-refractivity contribution is 0.0899. The van der Waals surface area contributed by atoms with Crippen LogP contribution in [0.25, 0.3) is 10.9 Å². The highest BCUT2D eigenvalue weighted by atomic mass is 19.1. The molecule has 0 aliphatic rings. The molecule has 0 atom stereocenters. The number of hydrogen-bond donors (Lipinski definition) is 2. The minimum atomic E-state index is -0.738. The summed E-state index contributed by atoms with van der Waals surface area (Å²) in [5, 5.41) is 8.73. The van der Waals surface area contributed by atoms with Crippen molar-refractivity contribution in [1.82, 2.24) is 4.98 Å². The molecule has 1 heterocycles. The third kappa shape index (κ3) is 1.61. The van der Waals surface area contributed by atoms with Crippen molar-refractivity contribution in [2.75, 3.05) is 6.61 Å². The Balaban J connectivity index is 2.65. The number of carbonyl (C=O) groups is 1. The van der Waals surface area contributed by atoms with E-state index < -0.39 is 24.0 Å². The van der Waals surface area contributed by atoms with Gasteiger partial charge in [0.2, 0.25) is 5.78 Å². The van der Waals surface area contributed by atoms with Gasteiger partial charge in [0.1, 0.15) is 18.2 Å². The van der Waals surface area contributed by atoms with Gasteiger partial charge in [0.05, 0.1) is 11.2 Å². The number of H-pyrrole nitrogens is 1. The molecule has 0 aliphatic heterocycles. The summed E-state index contributed by atoms with van der Waals surface area (Å²) >= 11 is 0. The second-order valence-electron chi connectivity index (χ2n) is 3.11. The van der Waals surface area contributed by atoms with Crippen molar-refractivity contribution in [2.45, 2.75) is 0 Å². The standard InChI is InChI=1S/C10H7F2NO2/c11-5-1-7(12)6-3-9(10(15)4-14)13-8(6)2-5/h1-3,13-14H,4H2. The monoisotopic (exact) mass is 211 g/mol. The number of ketones is 1. The van der Waals surface area contributed by atoms with Crippen LogP contribution in [0.4, 0.5) is 8.78 Å². The lowest BCUT2D eigenvalue weighted by Gasteiger charge is -1.92. The van der Waals surface area contributed by atoms with Gasteiger partial charge in [-0.2, -0.15) is 0 Å². The van der Waals surface area contributed by atoms with Crippen LogP contribution in [0.3, 0.4) is 0 Å². The molecule has 0 aliphatic carbocycles. The van der Waals surface area contributed by atoms with Gasteiger partial charge in [0.15, 0.2) is 0 Å². The second-order valence-corrected chi connectivity index (χ2v) is 3.11. The summed E-state index contributed by atoms with van der Waals surface area (Å²) in [7, 11) is 0. The van der Waals surface area contributed by atoms with Crippen LogP contribution in [0.1, 0.15) is 10.5 Å². The van der Waals surface area contributed by atoms with E-state index in [9.17, 15) is 13.6 Å². The second kappa shape index (κ2) is 3.43. The summed E-state index contributed by atoms with van der Waals surface area (Å²) in [6.45, 7) is -0.670. The van der Waals surface area contributed by atoms with Gasteiger partial charge in [-0.15, -0.1) is 0 Å². The predicted molar refractivity (Wildman–Crippen MR) is 49.6 cm³/mol. The number of fused-ring (bicyclic) bond motifs is 1. The zero-order valence-electron chi connectivity index (χ0n) is 7.55. The maximum Gasteiger partial charge on any atom is 0.204 e. The molecule has 2 N–H and O–H groups in total. The summed E-state index contributed by atoms with van der Waals surface area (Å²) in [5.74, 6) is -2.02. The largest absolute Gasteiger partial charge is 0.388 e. The van der Waals surface area contributed by atoms with Crippen molar-refractivity contribution in [3.63, 3.8) is 0 Å². The molecular weight excluding hydrogens is 204 g/mol. The molecule has 2 rings (SSSR count). The molecular formula is C10H7F2NO2. The minimum absolute atomic E-state index is 0.0667. The average Bonchev–Trinajstić information content (AvgIpc) is 2.60.